The fourth-order valence-electron chi connectivity index (χ4n) is 1.75. The molecule has 0 aliphatic carbocycles. The molecule has 2 saturated heterocycles. The maximum Gasteiger partial charge on any atom is 0.0609 e. The van der Waals surface area contributed by atoms with Crippen molar-refractivity contribution >= 4 is 10.8 Å². The Hall–Kier alpha value is 0.0700. The summed E-state index contributed by atoms with van der Waals surface area (Å²) in [7, 11) is -0.650. The van der Waals surface area contributed by atoms with Gasteiger partial charge >= 0.3 is 0 Å². The quantitative estimate of drug-likeness (QED) is 0.709. The molecule has 2 heterocycles. The summed E-state index contributed by atoms with van der Waals surface area (Å²) in [6.45, 7) is 3.68. The van der Waals surface area contributed by atoms with Gasteiger partial charge in [-0.25, -0.2) is 0 Å². The van der Waals surface area contributed by atoms with E-state index in [4.69, 9.17) is 4.74 Å². The van der Waals surface area contributed by atoms with Crippen molar-refractivity contribution in [3.05, 3.63) is 0 Å². The van der Waals surface area contributed by atoms with Crippen molar-refractivity contribution in [2.24, 2.45) is 5.92 Å². The second-order valence-electron chi connectivity index (χ2n) is 3.91. The fourth-order valence-corrected chi connectivity index (χ4v) is 3.40. The van der Waals surface area contributed by atoms with Gasteiger partial charge in [-0.1, -0.05) is 0 Å². The molecule has 4 heteroatoms. The van der Waals surface area contributed by atoms with Crippen LogP contribution in [0.2, 0.25) is 0 Å². The van der Waals surface area contributed by atoms with Gasteiger partial charge in [0.05, 0.1) is 11.9 Å². The Labute approximate surface area is 81.7 Å². The molecule has 13 heavy (non-hydrogen) atoms. The van der Waals surface area contributed by atoms with Crippen molar-refractivity contribution in [2.75, 3.05) is 32.1 Å². The molecule has 2 fully saturated rings. The van der Waals surface area contributed by atoms with Gasteiger partial charge < -0.3 is 10.1 Å². The Kier molecular flexibility index (Phi) is 3.35. The lowest BCUT2D eigenvalue weighted by atomic mass is 10.1. The van der Waals surface area contributed by atoms with Crippen molar-refractivity contribution in [3.63, 3.8) is 0 Å². The van der Waals surface area contributed by atoms with Gasteiger partial charge in [0.2, 0.25) is 0 Å². The maximum absolute atomic E-state index is 11.8. The Morgan fingerprint density at radius 1 is 1.46 bits per heavy atom. The number of ether oxygens (including phenoxy) is 1. The fraction of sp³-hybridized carbons (Fsp3) is 1.00. The third-order valence-corrected chi connectivity index (χ3v) is 4.67. The van der Waals surface area contributed by atoms with Crippen molar-refractivity contribution < 1.29 is 8.95 Å². The van der Waals surface area contributed by atoms with Crippen LogP contribution in [0.5, 0.6) is 0 Å². The van der Waals surface area contributed by atoms with Crippen LogP contribution >= 0.6 is 0 Å². The molecule has 2 atom stereocenters. The molecular formula is C9H17NO2S. The largest absolute Gasteiger partial charge is 0.380 e. The first-order chi connectivity index (χ1) is 6.36. The number of hydrogen-bond acceptors (Lipinski definition) is 3. The second kappa shape index (κ2) is 4.53. The first-order valence-corrected chi connectivity index (χ1v) is 6.40. The van der Waals surface area contributed by atoms with E-state index in [2.05, 4.69) is 5.32 Å². The summed E-state index contributed by atoms with van der Waals surface area (Å²) in [6.07, 6.45) is 2.17. The van der Waals surface area contributed by atoms with E-state index in [-0.39, 0.29) is 0 Å². The molecule has 2 unspecified atom stereocenters. The third kappa shape index (κ3) is 2.51. The average molecular weight is 203 g/mol. The van der Waals surface area contributed by atoms with Gasteiger partial charge in [-0.05, 0) is 18.8 Å². The van der Waals surface area contributed by atoms with E-state index < -0.39 is 10.8 Å². The summed E-state index contributed by atoms with van der Waals surface area (Å²) < 4.78 is 17.1. The molecule has 0 aromatic carbocycles. The van der Waals surface area contributed by atoms with Gasteiger partial charge in [-0.3, -0.25) is 4.21 Å². The smallest absolute Gasteiger partial charge is 0.0609 e. The molecule has 0 spiro atoms. The van der Waals surface area contributed by atoms with Crippen LogP contribution < -0.4 is 5.32 Å². The van der Waals surface area contributed by atoms with Crippen molar-refractivity contribution in [2.45, 2.75) is 18.1 Å². The standard InChI is InChI=1S/C9H17NO2S/c11-13(7-8-4-10-5-8)9-2-1-3-12-6-9/h8-10H,1-7H2. The number of nitrogens with one attached hydrogen (secondary N) is 1. The summed E-state index contributed by atoms with van der Waals surface area (Å²) in [4.78, 5) is 0. The third-order valence-electron chi connectivity index (χ3n) is 2.76. The molecule has 76 valence electrons. The lowest BCUT2D eigenvalue weighted by Crippen LogP contribution is -2.46. The highest BCUT2D eigenvalue weighted by molar-refractivity contribution is 7.85. The molecule has 0 saturated carbocycles. The minimum atomic E-state index is -0.650. The number of hydrogen-bond donors (Lipinski definition) is 1. The molecule has 2 aliphatic rings. The summed E-state index contributed by atoms with van der Waals surface area (Å²) >= 11 is 0. The van der Waals surface area contributed by atoms with Crippen LogP contribution in [0.15, 0.2) is 0 Å². The summed E-state index contributed by atoms with van der Waals surface area (Å²) in [6, 6.07) is 0. The van der Waals surface area contributed by atoms with Crippen LogP contribution in [0.25, 0.3) is 0 Å². The molecule has 0 amide bonds. The topological polar surface area (TPSA) is 38.3 Å². The molecule has 0 radical (unpaired) electrons. The van der Waals surface area contributed by atoms with Gasteiger partial charge in [0.25, 0.3) is 0 Å². The Bertz CT molecular complexity index is 188. The predicted molar refractivity (Wildman–Crippen MR) is 53.2 cm³/mol. The van der Waals surface area contributed by atoms with Crippen LogP contribution in [-0.2, 0) is 15.5 Å². The van der Waals surface area contributed by atoms with E-state index in [0.717, 1.165) is 38.3 Å². The summed E-state index contributed by atoms with van der Waals surface area (Å²) in [5.74, 6) is 1.53. The Balaban J connectivity index is 1.74. The highest BCUT2D eigenvalue weighted by Gasteiger charge is 2.25. The maximum atomic E-state index is 11.8. The molecule has 0 aromatic rings. The predicted octanol–water partition coefficient (Wildman–Crippen LogP) is 0.133. The lowest BCUT2D eigenvalue weighted by molar-refractivity contribution is 0.100. The van der Waals surface area contributed by atoms with E-state index in [1.54, 1.807) is 0 Å². The van der Waals surface area contributed by atoms with Crippen LogP contribution in [0, 0.1) is 5.92 Å². The number of rotatable bonds is 3. The summed E-state index contributed by atoms with van der Waals surface area (Å²) in [5.41, 5.74) is 0. The highest BCUT2D eigenvalue weighted by atomic mass is 32.2. The average Bonchev–Trinajstić information content (AvgIpc) is 2.12. The second-order valence-corrected chi connectivity index (χ2v) is 5.67. The summed E-state index contributed by atoms with van der Waals surface area (Å²) in [5, 5.41) is 3.52. The van der Waals surface area contributed by atoms with Gasteiger partial charge in [-0.15, -0.1) is 0 Å². The zero-order valence-corrected chi connectivity index (χ0v) is 8.65. The van der Waals surface area contributed by atoms with Crippen molar-refractivity contribution in [1.29, 1.82) is 0 Å². The van der Waals surface area contributed by atoms with E-state index in [9.17, 15) is 4.21 Å². The van der Waals surface area contributed by atoms with E-state index in [1.165, 1.54) is 0 Å². The normalized spacial score (nSPS) is 32.5. The molecule has 2 rings (SSSR count). The Morgan fingerprint density at radius 3 is 2.85 bits per heavy atom. The Morgan fingerprint density at radius 2 is 2.31 bits per heavy atom. The van der Waals surface area contributed by atoms with Crippen LogP contribution in [0.3, 0.4) is 0 Å². The van der Waals surface area contributed by atoms with Gasteiger partial charge in [0, 0.05) is 36.2 Å². The van der Waals surface area contributed by atoms with Crippen molar-refractivity contribution in [1.82, 2.24) is 5.32 Å². The van der Waals surface area contributed by atoms with E-state index in [0.29, 0.717) is 17.8 Å². The van der Waals surface area contributed by atoms with Gasteiger partial charge in [0.1, 0.15) is 0 Å². The van der Waals surface area contributed by atoms with Gasteiger partial charge in [0.15, 0.2) is 0 Å². The van der Waals surface area contributed by atoms with Crippen LogP contribution in [-0.4, -0.2) is 41.5 Å². The zero-order chi connectivity index (χ0) is 9.10. The van der Waals surface area contributed by atoms with E-state index in [1.807, 2.05) is 0 Å². The molecule has 1 N–H and O–H groups in total. The zero-order valence-electron chi connectivity index (χ0n) is 7.83. The van der Waals surface area contributed by atoms with Crippen molar-refractivity contribution in [3.8, 4) is 0 Å². The molecule has 0 bridgehead atoms. The first-order valence-electron chi connectivity index (χ1n) is 5.02. The van der Waals surface area contributed by atoms with Crippen LogP contribution in [0.4, 0.5) is 0 Å². The molecule has 3 nitrogen and oxygen atoms in total. The first kappa shape index (κ1) is 9.62. The molecular weight excluding hydrogens is 186 g/mol. The highest BCUT2D eigenvalue weighted by Crippen LogP contribution is 2.15. The molecule has 0 aromatic heterocycles. The van der Waals surface area contributed by atoms with Crippen LogP contribution in [0.1, 0.15) is 12.8 Å². The van der Waals surface area contributed by atoms with Gasteiger partial charge in [-0.2, -0.15) is 0 Å². The lowest BCUT2D eigenvalue weighted by Gasteiger charge is -2.29. The minimum Gasteiger partial charge on any atom is -0.380 e. The SMILES string of the molecule is O=S(CC1CNC1)C1CCCOC1. The monoisotopic (exact) mass is 203 g/mol. The minimum absolute atomic E-state index is 0.314. The molecule has 2 aliphatic heterocycles. The van der Waals surface area contributed by atoms with E-state index >= 15 is 0 Å².